The van der Waals surface area contributed by atoms with Crippen molar-refractivity contribution in [1.29, 1.82) is 0 Å². The summed E-state index contributed by atoms with van der Waals surface area (Å²) in [5, 5.41) is 0. The maximum absolute atomic E-state index is 11.1. The van der Waals surface area contributed by atoms with E-state index in [4.69, 9.17) is 0 Å². The van der Waals surface area contributed by atoms with Gasteiger partial charge in [-0.1, -0.05) is 12.2 Å². The molecule has 4 heteroatoms. The Morgan fingerprint density at radius 2 is 2.00 bits per heavy atom. The summed E-state index contributed by atoms with van der Waals surface area (Å²) in [6, 6.07) is 0. The summed E-state index contributed by atoms with van der Waals surface area (Å²) >= 11 is 0. The third-order valence-electron chi connectivity index (χ3n) is 0.579. The summed E-state index contributed by atoms with van der Waals surface area (Å²) in [5.41, 5.74) is 0. The molecule has 0 aromatic heterocycles. The second-order valence-corrected chi connectivity index (χ2v) is 1.33. The number of rotatable bonds is 2. The monoisotopic (exact) mass is 140 g/mol. The Balaban J connectivity index is 3.28. The summed E-state index contributed by atoms with van der Waals surface area (Å²) in [4.78, 5) is 0. The Morgan fingerprint density at radius 1 is 1.44 bits per heavy atom. The van der Waals surface area contributed by atoms with Crippen LogP contribution in [0.25, 0.3) is 0 Å². The molecular formula is C5H7F3O. The molecule has 0 heterocycles. The lowest BCUT2D eigenvalue weighted by Gasteiger charge is -2.02. The largest absolute Gasteiger partial charge is 0.522 e. The molecule has 0 aliphatic heterocycles. The summed E-state index contributed by atoms with van der Waals surface area (Å²) in [5.74, 6) is 0. The van der Waals surface area contributed by atoms with Gasteiger partial charge in [-0.15, -0.1) is 13.2 Å². The molecule has 0 aromatic carbocycles. The summed E-state index contributed by atoms with van der Waals surface area (Å²) < 4.78 is 36.8. The smallest absolute Gasteiger partial charge is 0.288 e. The Morgan fingerprint density at radius 3 is 2.33 bits per heavy atom. The van der Waals surface area contributed by atoms with Gasteiger partial charge in [0.1, 0.15) is 0 Å². The topological polar surface area (TPSA) is 9.23 Å². The number of alkyl halides is 3. The summed E-state index contributed by atoms with van der Waals surface area (Å²) in [6.07, 6.45) is -1.72. The van der Waals surface area contributed by atoms with E-state index in [1.165, 1.54) is 12.2 Å². The van der Waals surface area contributed by atoms with Crippen molar-refractivity contribution in [2.45, 2.75) is 13.3 Å². The van der Waals surface area contributed by atoms with Gasteiger partial charge in [-0.3, -0.25) is 4.74 Å². The third-order valence-corrected chi connectivity index (χ3v) is 0.579. The van der Waals surface area contributed by atoms with E-state index < -0.39 is 13.0 Å². The predicted molar refractivity (Wildman–Crippen MR) is 26.8 cm³/mol. The van der Waals surface area contributed by atoms with E-state index in [1.807, 2.05) is 0 Å². The van der Waals surface area contributed by atoms with Gasteiger partial charge in [0.2, 0.25) is 0 Å². The van der Waals surface area contributed by atoms with Gasteiger partial charge in [0.05, 0.1) is 6.61 Å². The first-order valence-electron chi connectivity index (χ1n) is 2.38. The van der Waals surface area contributed by atoms with Crippen LogP contribution in [0.2, 0.25) is 0 Å². The van der Waals surface area contributed by atoms with E-state index >= 15 is 0 Å². The molecule has 0 aliphatic carbocycles. The maximum Gasteiger partial charge on any atom is 0.522 e. The average molecular weight is 140 g/mol. The highest BCUT2D eigenvalue weighted by atomic mass is 19.4. The van der Waals surface area contributed by atoms with Gasteiger partial charge in [0.15, 0.2) is 0 Å². The molecular weight excluding hydrogens is 133 g/mol. The van der Waals surface area contributed by atoms with E-state index in [2.05, 4.69) is 4.74 Å². The SMILES string of the molecule is CC=CCOC(F)(F)F. The third kappa shape index (κ3) is 7.49. The zero-order valence-electron chi connectivity index (χ0n) is 4.90. The van der Waals surface area contributed by atoms with E-state index in [9.17, 15) is 13.2 Å². The molecule has 0 saturated heterocycles. The number of halogens is 3. The van der Waals surface area contributed by atoms with Crippen LogP contribution in [0.3, 0.4) is 0 Å². The van der Waals surface area contributed by atoms with Crippen molar-refractivity contribution in [3.05, 3.63) is 12.2 Å². The first kappa shape index (κ1) is 8.49. The van der Waals surface area contributed by atoms with Gasteiger partial charge in [0, 0.05) is 0 Å². The highest BCUT2D eigenvalue weighted by Gasteiger charge is 2.27. The van der Waals surface area contributed by atoms with E-state index in [-0.39, 0.29) is 0 Å². The standard InChI is InChI=1S/C5H7F3O/c1-2-3-4-9-5(6,7)8/h2-3H,4H2,1H3. The Bertz CT molecular complexity index is 94.9. The van der Waals surface area contributed by atoms with Crippen molar-refractivity contribution < 1.29 is 17.9 Å². The molecule has 54 valence electrons. The van der Waals surface area contributed by atoms with Crippen LogP contribution in [0.5, 0.6) is 0 Å². The molecule has 0 fully saturated rings. The molecule has 0 aliphatic rings. The maximum atomic E-state index is 11.1. The minimum absolute atomic E-state index is 0.403. The lowest BCUT2D eigenvalue weighted by atomic mass is 10.6. The molecule has 0 spiro atoms. The van der Waals surface area contributed by atoms with Crippen molar-refractivity contribution >= 4 is 0 Å². The fourth-order valence-electron chi connectivity index (χ4n) is 0.239. The van der Waals surface area contributed by atoms with Crippen molar-refractivity contribution in [2.24, 2.45) is 0 Å². The summed E-state index contributed by atoms with van der Waals surface area (Å²) in [6.45, 7) is 1.22. The van der Waals surface area contributed by atoms with Gasteiger partial charge in [-0.2, -0.15) is 0 Å². The molecule has 0 rings (SSSR count). The molecule has 0 aromatic rings. The second kappa shape index (κ2) is 3.50. The number of allylic oxidation sites excluding steroid dienone is 1. The zero-order valence-corrected chi connectivity index (χ0v) is 4.90. The van der Waals surface area contributed by atoms with E-state index in [0.717, 1.165) is 0 Å². The molecule has 0 N–H and O–H groups in total. The normalized spacial score (nSPS) is 12.9. The highest BCUT2D eigenvalue weighted by molar-refractivity contribution is 4.75. The van der Waals surface area contributed by atoms with Crippen LogP contribution in [-0.4, -0.2) is 13.0 Å². The van der Waals surface area contributed by atoms with Crippen molar-refractivity contribution in [1.82, 2.24) is 0 Å². The van der Waals surface area contributed by atoms with Gasteiger partial charge in [-0.05, 0) is 6.92 Å². The van der Waals surface area contributed by atoms with Crippen molar-refractivity contribution in [3.63, 3.8) is 0 Å². The van der Waals surface area contributed by atoms with Crippen LogP contribution in [-0.2, 0) is 4.74 Å². The van der Waals surface area contributed by atoms with Gasteiger partial charge >= 0.3 is 6.36 Å². The van der Waals surface area contributed by atoms with Crippen molar-refractivity contribution in [3.8, 4) is 0 Å². The molecule has 0 atom stereocenters. The molecule has 9 heavy (non-hydrogen) atoms. The Kier molecular flexibility index (Phi) is 3.30. The van der Waals surface area contributed by atoms with E-state index in [0.29, 0.717) is 0 Å². The summed E-state index contributed by atoms with van der Waals surface area (Å²) in [7, 11) is 0. The van der Waals surface area contributed by atoms with E-state index in [1.54, 1.807) is 6.92 Å². The lowest BCUT2D eigenvalue weighted by molar-refractivity contribution is -0.319. The van der Waals surface area contributed by atoms with Crippen LogP contribution in [0.15, 0.2) is 12.2 Å². The van der Waals surface area contributed by atoms with Crippen LogP contribution < -0.4 is 0 Å². The number of hydrogen-bond donors (Lipinski definition) is 0. The van der Waals surface area contributed by atoms with Crippen LogP contribution in [0.4, 0.5) is 13.2 Å². The zero-order chi connectivity index (χ0) is 7.33. The van der Waals surface area contributed by atoms with Crippen LogP contribution >= 0.6 is 0 Å². The minimum Gasteiger partial charge on any atom is -0.288 e. The average Bonchev–Trinajstić information content (AvgIpc) is 1.63. The lowest BCUT2D eigenvalue weighted by Crippen LogP contribution is -2.12. The van der Waals surface area contributed by atoms with Crippen LogP contribution in [0, 0.1) is 0 Å². The molecule has 0 saturated carbocycles. The molecule has 0 amide bonds. The fourth-order valence-corrected chi connectivity index (χ4v) is 0.239. The molecule has 0 radical (unpaired) electrons. The molecule has 1 nitrogen and oxygen atoms in total. The van der Waals surface area contributed by atoms with Gasteiger partial charge in [-0.25, -0.2) is 0 Å². The van der Waals surface area contributed by atoms with Crippen LogP contribution in [0.1, 0.15) is 6.92 Å². The number of hydrogen-bond acceptors (Lipinski definition) is 1. The van der Waals surface area contributed by atoms with Gasteiger partial charge < -0.3 is 0 Å². The Hall–Kier alpha value is -0.510. The molecule has 0 unspecified atom stereocenters. The molecule has 0 bridgehead atoms. The van der Waals surface area contributed by atoms with Gasteiger partial charge in [0.25, 0.3) is 0 Å². The fraction of sp³-hybridized carbons (Fsp3) is 0.600. The first-order valence-corrected chi connectivity index (χ1v) is 2.38. The first-order chi connectivity index (χ1) is 4.06. The predicted octanol–water partition coefficient (Wildman–Crippen LogP) is 2.10. The van der Waals surface area contributed by atoms with Crippen molar-refractivity contribution in [2.75, 3.05) is 6.61 Å². The second-order valence-electron chi connectivity index (χ2n) is 1.33. The minimum atomic E-state index is -4.50. The quantitative estimate of drug-likeness (QED) is 0.533. The Labute approximate surface area is 51.1 Å². The number of ether oxygens (including phenoxy) is 1. The highest BCUT2D eigenvalue weighted by Crippen LogP contribution is 2.15.